The number of carbonyl (C=O) groups is 1. The number of esters is 1. The number of nitrogens with one attached hydrogen (secondary N) is 1. The van der Waals surface area contributed by atoms with Crippen molar-refractivity contribution < 1.29 is 28.2 Å². The Morgan fingerprint density at radius 1 is 1.40 bits per heavy atom. The zero-order valence-electron chi connectivity index (χ0n) is 13.1. The van der Waals surface area contributed by atoms with Gasteiger partial charge in [0.25, 0.3) is 0 Å². The smallest absolute Gasteiger partial charge is 0.319 e. The van der Waals surface area contributed by atoms with Crippen LogP contribution in [0.3, 0.4) is 0 Å². The van der Waals surface area contributed by atoms with Crippen molar-refractivity contribution in [1.82, 2.24) is 0 Å². The summed E-state index contributed by atoms with van der Waals surface area (Å²) < 4.78 is 29.1. The fourth-order valence-corrected chi connectivity index (χ4v) is 2.82. The van der Waals surface area contributed by atoms with E-state index in [2.05, 4.69) is 0 Å². The molecule has 130 valence electrons. The molecule has 1 aromatic heterocycles. The van der Waals surface area contributed by atoms with Gasteiger partial charge in [0.2, 0.25) is 17.1 Å². The van der Waals surface area contributed by atoms with Crippen molar-refractivity contribution in [2.45, 2.75) is 12.5 Å². The van der Waals surface area contributed by atoms with Crippen LogP contribution in [-0.2, 0) is 16.1 Å². The zero-order chi connectivity index (χ0) is 18.1. The molecule has 0 aliphatic carbocycles. The Morgan fingerprint density at radius 3 is 2.80 bits per heavy atom. The van der Waals surface area contributed by atoms with Gasteiger partial charge in [-0.25, -0.2) is 4.39 Å². The van der Waals surface area contributed by atoms with Gasteiger partial charge in [0.15, 0.2) is 5.76 Å². The van der Waals surface area contributed by atoms with Crippen LogP contribution in [0.4, 0.5) is 4.39 Å². The highest BCUT2D eigenvalue weighted by molar-refractivity contribution is 6.00. The molecule has 1 aliphatic rings. The molecule has 7 nitrogen and oxygen atoms in total. The average Bonchev–Trinajstić information content (AvgIpc) is 2.60. The highest BCUT2D eigenvalue weighted by Crippen LogP contribution is 2.41. The van der Waals surface area contributed by atoms with Crippen LogP contribution in [0.1, 0.15) is 23.0 Å². The molecule has 2 aromatic rings. The molecule has 2 unspecified atom stereocenters. The van der Waals surface area contributed by atoms with Gasteiger partial charge in [-0.3, -0.25) is 15.0 Å². The minimum atomic E-state index is -1.25. The quantitative estimate of drug-likeness (QED) is 0.816. The zero-order valence-corrected chi connectivity index (χ0v) is 13.1. The molecule has 0 saturated carbocycles. The number of rotatable bonds is 3. The van der Waals surface area contributed by atoms with E-state index in [-0.39, 0.29) is 17.3 Å². The fourth-order valence-electron chi connectivity index (χ4n) is 2.82. The van der Waals surface area contributed by atoms with Gasteiger partial charge in [0.05, 0.1) is 13.0 Å². The van der Waals surface area contributed by atoms with Gasteiger partial charge in [-0.1, -0.05) is 12.1 Å². The van der Waals surface area contributed by atoms with Crippen LogP contribution < -0.4 is 10.2 Å². The molecule has 0 saturated heterocycles. The predicted octanol–water partition coefficient (Wildman–Crippen LogP) is 1.56. The molecule has 0 spiro atoms. The molecule has 2 N–H and O–H groups in total. The number of fused-ring (bicyclic) bond motifs is 1. The Morgan fingerprint density at radius 2 is 2.16 bits per heavy atom. The third kappa shape index (κ3) is 2.91. The molecule has 1 aliphatic heterocycles. The standard InChI is InChI=1S/C17H14FNO6/c1-23-17(22)13-12(8-3-2-4-9(18)5-8)15-14(25-16(13)19)11(21)6-10(7-20)24-15/h2-6,12-13,19-20H,7H2,1H3. The number of hydrogen-bond donors (Lipinski definition) is 2. The number of aliphatic hydroxyl groups is 1. The Labute approximate surface area is 141 Å². The SMILES string of the molecule is COC(=O)C1C(=N)Oc2c(oc(CO)cc2=O)C1c1cccc(F)c1. The van der Waals surface area contributed by atoms with E-state index in [0.29, 0.717) is 5.56 Å². The van der Waals surface area contributed by atoms with E-state index in [1.54, 1.807) is 0 Å². The highest BCUT2D eigenvalue weighted by Gasteiger charge is 2.45. The van der Waals surface area contributed by atoms with E-state index in [4.69, 9.17) is 19.3 Å². The van der Waals surface area contributed by atoms with Gasteiger partial charge < -0.3 is 19.0 Å². The number of carbonyl (C=O) groups excluding carboxylic acids is 1. The highest BCUT2D eigenvalue weighted by atomic mass is 19.1. The maximum Gasteiger partial charge on any atom is 0.319 e. The van der Waals surface area contributed by atoms with Gasteiger partial charge >= 0.3 is 5.97 Å². The van der Waals surface area contributed by atoms with Gasteiger partial charge in [-0.2, -0.15) is 0 Å². The van der Waals surface area contributed by atoms with Crippen LogP contribution in [-0.4, -0.2) is 24.1 Å². The second-order valence-electron chi connectivity index (χ2n) is 5.43. The second-order valence-corrected chi connectivity index (χ2v) is 5.43. The van der Waals surface area contributed by atoms with E-state index in [0.717, 1.165) is 13.2 Å². The summed E-state index contributed by atoms with van der Waals surface area (Å²) in [6, 6.07) is 6.41. The Hall–Kier alpha value is -3.00. The van der Waals surface area contributed by atoms with Crippen LogP contribution in [0.5, 0.6) is 5.75 Å². The average molecular weight is 347 g/mol. The lowest BCUT2D eigenvalue weighted by molar-refractivity contribution is -0.144. The molecule has 2 atom stereocenters. The maximum absolute atomic E-state index is 13.7. The molecule has 2 heterocycles. The third-order valence-corrected chi connectivity index (χ3v) is 3.91. The topological polar surface area (TPSA) is 110 Å². The van der Waals surface area contributed by atoms with Crippen molar-refractivity contribution in [3.05, 3.63) is 63.5 Å². The van der Waals surface area contributed by atoms with Crippen molar-refractivity contribution >= 4 is 11.9 Å². The van der Waals surface area contributed by atoms with E-state index < -0.39 is 41.6 Å². The van der Waals surface area contributed by atoms with Crippen LogP contribution in [0.15, 0.2) is 39.5 Å². The summed E-state index contributed by atoms with van der Waals surface area (Å²) in [6.45, 7) is -0.543. The first-order chi connectivity index (χ1) is 12.0. The number of aliphatic hydroxyl groups excluding tert-OH is 1. The summed E-state index contributed by atoms with van der Waals surface area (Å²) in [5.41, 5.74) is -0.303. The molecule has 25 heavy (non-hydrogen) atoms. The van der Waals surface area contributed by atoms with Gasteiger partial charge in [-0.15, -0.1) is 0 Å². The van der Waals surface area contributed by atoms with Crippen molar-refractivity contribution in [2.24, 2.45) is 5.92 Å². The molecule has 0 amide bonds. The summed E-state index contributed by atoms with van der Waals surface area (Å²) in [5, 5.41) is 17.3. The van der Waals surface area contributed by atoms with E-state index in [1.165, 1.54) is 24.3 Å². The lowest BCUT2D eigenvalue weighted by Gasteiger charge is -2.30. The van der Waals surface area contributed by atoms with Crippen molar-refractivity contribution in [1.29, 1.82) is 5.41 Å². The van der Waals surface area contributed by atoms with Crippen LogP contribution >= 0.6 is 0 Å². The monoisotopic (exact) mass is 347 g/mol. The van der Waals surface area contributed by atoms with Crippen LogP contribution in [0.2, 0.25) is 0 Å². The van der Waals surface area contributed by atoms with E-state index in [1.807, 2.05) is 0 Å². The largest absolute Gasteiger partial charge is 0.468 e. The van der Waals surface area contributed by atoms with Crippen molar-refractivity contribution in [2.75, 3.05) is 7.11 Å². The molecule has 1 aromatic carbocycles. The summed E-state index contributed by atoms with van der Waals surface area (Å²) in [5.74, 6) is -4.47. The number of hydrogen-bond acceptors (Lipinski definition) is 7. The third-order valence-electron chi connectivity index (χ3n) is 3.91. The number of halogens is 1. The predicted molar refractivity (Wildman–Crippen MR) is 83.0 cm³/mol. The number of benzene rings is 1. The first-order valence-electron chi connectivity index (χ1n) is 7.33. The summed E-state index contributed by atoms with van der Waals surface area (Å²) in [6.07, 6.45) is 0. The van der Waals surface area contributed by atoms with Gasteiger partial charge in [-0.05, 0) is 17.7 Å². The fraction of sp³-hybridized carbons (Fsp3) is 0.235. The van der Waals surface area contributed by atoms with Crippen LogP contribution in [0, 0.1) is 17.1 Å². The molecule has 0 radical (unpaired) electrons. The summed E-state index contributed by atoms with van der Waals surface area (Å²) in [4.78, 5) is 24.4. The first-order valence-corrected chi connectivity index (χ1v) is 7.33. The molecular weight excluding hydrogens is 333 g/mol. The van der Waals surface area contributed by atoms with Crippen molar-refractivity contribution in [3.63, 3.8) is 0 Å². The molecule has 0 bridgehead atoms. The molecule has 3 rings (SSSR count). The van der Waals surface area contributed by atoms with Crippen molar-refractivity contribution in [3.8, 4) is 5.75 Å². The normalized spacial score (nSPS) is 19.1. The minimum Gasteiger partial charge on any atom is -0.468 e. The lowest BCUT2D eigenvalue weighted by Crippen LogP contribution is -2.39. The number of methoxy groups -OCH3 is 1. The Bertz CT molecular complexity index is 906. The van der Waals surface area contributed by atoms with Gasteiger partial charge in [0.1, 0.15) is 24.1 Å². The first kappa shape index (κ1) is 16.8. The van der Waals surface area contributed by atoms with E-state index in [9.17, 15) is 19.1 Å². The van der Waals surface area contributed by atoms with Gasteiger partial charge in [0, 0.05) is 6.07 Å². The molecular formula is C17H14FNO6. The Balaban J connectivity index is 2.28. The molecule has 8 heteroatoms. The lowest BCUT2D eigenvalue weighted by atomic mass is 9.81. The maximum atomic E-state index is 13.7. The summed E-state index contributed by atoms with van der Waals surface area (Å²) in [7, 11) is 1.15. The molecule has 0 fully saturated rings. The van der Waals surface area contributed by atoms with E-state index >= 15 is 0 Å². The Kier molecular flexibility index (Phi) is 4.37. The minimum absolute atomic E-state index is 0.0363. The second kappa shape index (κ2) is 6.48. The number of ether oxygens (including phenoxy) is 2. The van der Waals surface area contributed by atoms with Crippen LogP contribution in [0.25, 0.3) is 0 Å². The summed E-state index contributed by atoms with van der Waals surface area (Å²) >= 11 is 0.